The molecule has 0 spiro atoms. The summed E-state index contributed by atoms with van der Waals surface area (Å²) in [6.07, 6.45) is 2.94. The molecule has 2 aliphatic heterocycles. The fourth-order valence-corrected chi connectivity index (χ4v) is 8.77. The molecule has 0 bridgehead atoms. The Balaban J connectivity index is 1.21. The third-order valence-corrected chi connectivity index (χ3v) is 12.3. The lowest BCUT2D eigenvalue weighted by Gasteiger charge is -2.31. The average molecular weight is 724 g/mol. The van der Waals surface area contributed by atoms with Crippen molar-refractivity contribution in [2.24, 2.45) is 17.8 Å². The van der Waals surface area contributed by atoms with E-state index in [0.29, 0.717) is 51.0 Å². The van der Waals surface area contributed by atoms with Crippen molar-refractivity contribution in [3.63, 3.8) is 0 Å². The molecule has 4 fully saturated rings. The Kier molecular flexibility index (Phi) is 10.1. The van der Waals surface area contributed by atoms with Crippen molar-refractivity contribution in [3.8, 4) is 0 Å². The second-order valence-corrected chi connectivity index (χ2v) is 16.2. The van der Waals surface area contributed by atoms with Crippen LogP contribution in [0.15, 0.2) is 30.4 Å². The smallest absolute Gasteiger partial charge is 0.416 e. The van der Waals surface area contributed by atoms with E-state index in [9.17, 15) is 40.8 Å². The lowest BCUT2D eigenvalue weighted by Crippen LogP contribution is -2.54. The van der Waals surface area contributed by atoms with Crippen LogP contribution in [0, 0.1) is 17.8 Å². The van der Waals surface area contributed by atoms with Gasteiger partial charge in [0.2, 0.25) is 21.8 Å². The number of fused-ring (bicyclic) bond motifs is 2. The minimum atomic E-state index is -4.64. The van der Waals surface area contributed by atoms with Crippen LogP contribution in [-0.2, 0) is 35.3 Å². The SMILES string of the molecule is CN1CCCC/C=C/[C@@H]2C[C@@]2(C(=O)NS(=O)(=O)C2CC2)NC(=O)[C@@H]2C[C@@H](OC(=O)Nc3cc(C(F)(F)F)ccc3N3CCCCC3)C[C@H]2C1=O. The van der Waals surface area contributed by atoms with Crippen LogP contribution in [-0.4, -0.2) is 80.7 Å². The lowest BCUT2D eigenvalue weighted by atomic mass is 9.93. The number of rotatable bonds is 6. The Morgan fingerprint density at radius 3 is 2.40 bits per heavy atom. The van der Waals surface area contributed by atoms with Gasteiger partial charge in [0, 0.05) is 32.6 Å². The van der Waals surface area contributed by atoms with Gasteiger partial charge in [-0.1, -0.05) is 12.2 Å². The zero-order valence-electron chi connectivity index (χ0n) is 28.0. The van der Waals surface area contributed by atoms with Crippen LogP contribution in [0.25, 0.3) is 0 Å². The van der Waals surface area contributed by atoms with Gasteiger partial charge in [0.25, 0.3) is 5.91 Å². The van der Waals surface area contributed by atoms with E-state index < -0.39 is 74.3 Å². The Hall–Kier alpha value is -3.82. The number of amides is 4. The molecule has 1 aromatic rings. The van der Waals surface area contributed by atoms with Gasteiger partial charge in [0.15, 0.2) is 0 Å². The molecule has 2 heterocycles. The number of halogens is 3. The molecule has 1 aromatic carbocycles. The molecule has 0 aromatic heterocycles. The highest BCUT2D eigenvalue weighted by Crippen LogP contribution is 2.47. The van der Waals surface area contributed by atoms with Gasteiger partial charge in [0.05, 0.1) is 34.0 Å². The highest BCUT2D eigenvalue weighted by molar-refractivity contribution is 7.91. The number of hydrogen-bond donors (Lipinski definition) is 3. The molecule has 0 radical (unpaired) electrons. The van der Waals surface area contributed by atoms with Gasteiger partial charge in [-0.15, -0.1) is 0 Å². The summed E-state index contributed by atoms with van der Waals surface area (Å²) in [5.74, 6) is -4.17. The first-order chi connectivity index (χ1) is 23.7. The molecule has 0 unspecified atom stereocenters. The molecular weight excluding hydrogens is 679 g/mol. The van der Waals surface area contributed by atoms with Crippen molar-refractivity contribution in [2.45, 2.75) is 93.7 Å². The molecule has 4 amide bonds. The quantitative estimate of drug-likeness (QED) is 0.367. The summed E-state index contributed by atoms with van der Waals surface area (Å²) in [5, 5.41) is 4.63. The predicted molar refractivity (Wildman–Crippen MR) is 177 cm³/mol. The molecule has 3 N–H and O–H groups in total. The minimum Gasteiger partial charge on any atom is -0.446 e. The van der Waals surface area contributed by atoms with E-state index in [1.807, 2.05) is 17.1 Å². The zero-order valence-corrected chi connectivity index (χ0v) is 28.8. The number of allylic oxidation sites excluding steroid dienone is 1. The monoisotopic (exact) mass is 723 g/mol. The number of nitrogens with zero attached hydrogens (tertiary/aromatic N) is 2. The number of hydrogen-bond acceptors (Lipinski definition) is 8. The molecule has 16 heteroatoms. The maximum atomic E-state index is 13.9. The van der Waals surface area contributed by atoms with Gasteiger partial charge in [-0.2, -0.15) is 13.2 Å². The molecule has 5 atom stereocenters. The van der Waals surface area contributed by atoms with Crippen LogP contribution in [0.3, 0.4) is 0 Å². The van der Waals surface area contributed by atoms with Crippen molar-refractivity contribution in [2.75, 3.05) is 36.9 Å². The summed E-state index contributed by atoms with van der Waals surface area (Å²) < 4.78 is 74.0. The number of piperidine rings is 1. The van der Waals surface area contributed by atoms with Crippen LogP contribution < -0.4 is 20.3 Å². The summed E-state index contributed by atoms with van der Waals surface area (Å²) in [5.41, 5.74) is -2.06. The van der Waals surface area contributed by atoms with E-state index in [1.165, 1.54) is 11.0 Å². The molecule has 6 rings (SSSR count). The number of anilines is 2. The Morgan fingerprint density at radius 2 is 1.70 bits per heavy atom. The van der Waals surface area contributed by atoms with Gasteiger partial charge in [-0.3, -0.25) is 24.4 Å². The van der Waals surface area contributed by atoms with E-state index in [4.69, 9.17) is 4.74 Å². The first-order valence-electron chi connectivity index (χ1n) is 17.4. The van der Waals surface area contributed by atoms with E-state index in [-0.39, 0.29) is 30.9 Å². The van der Waals surface area contributed by atoms with Crippen molar-refractivity contribution >= 4 is 45.2 Å². The molecule has 274 valence electrons. The van der Waals surface area contributed by atoms with Crippen LogP contribution in [0.4, 0.5) is 29.3 Å². The molecule has 50 heavy (non-hydrogen) atoms. The van der Waals surface area contributed by atoms with Gasteiger partial charge in [0.1, 0.15) is 11.6 Å². The average Bonchev–Trinajstić information content (AvgIpc) is 3.99. The third kappa shape index (κ3) is 7.89. The number of alkyl halides is 3. The first kappa shape index (κ1) is 36.0. The van der Waals surface area contributed by atoms with Crippen molar-refractivity contribution in [3.05, 3.63) is 35.9 Å². The highest BCUT2D eigenvalue weighted by Gasteiger charge is 2.62. The van der Waals surface area contributed by atoms with Crippen LogP contribution in [0.1, 0.15) is 76.2 Å². The Bertz CT molecular complexity index is 1640. The molecule has 1 saturated heterocycles. The standard InChI is InChI=1S/C34H44F3N5O7S/c1-41-14-6-3-2-5-9-22-20-33(22,31(45)40-50(47,48)24-11-12-24)39-29(43)25-18-23(19-26(25)30(41)44)49-32(46)38-27-17-21(34(35,36)37)10-13-28(27)42-15-7-4-8-16-42/h5,9-10,13,17,22-26H,2-4,6-8,11-12,14-16,18-20H2,1H3,(H,38,46)(H,39,43)(H,40,45)/b9-5+/t22-,23-,25-,26-,33-/m1/s1. The Labute approximate surface area is 289 Å². The number of ether oxygens (including phenoxy) is 1. The third-order valence-electron chi connectivity index (χ3n) is 10.5. The second-order valence-electron chi connectivity index (χ2n) is 14.2. The minimum absolute atomic E-state index is 0.0190. The molecule has 3 aliphatic carbocycles. The molecule has 3 saturated carbocycles. The number of benzene rings is 1. The zero-order chi connectivity index (χ0) is 35.8. The number of nitrogens with one attached hydrogen (secondary N) is 3. The predicted octanol–water partition coefficient (Wildman–Crippen LogP) is 4.32. The van der Waals surface area contributed by atoms with E-state index in [0.717, 1.165) is 37.8 Å². The summed E-state index contributed by atoms with van der Waals surface area (Å²) in [4.78, 5) is 57.8. The van der Waals surface area contributed by atoms with Crippen molar-refractivity contribution in [1.29, 1.82) is 0 Å². The molecule has 5 aliphatic rings. The normalized spacial score (nSPS) is 29.9. The van der Waals surface area contributed by atoms with Crippen molar-refractivity contribution < 1.29 is 45.5 Å². The summed E-state index contributed by atoms with van der Waals surface area (Å²) in [6, 6.07) is 3.19. The number of carbonyl (C=O) groups is 4. The largest absolute Gasteiger partial charge is 0.446 e. The van der Waals surface area contributed by atoms with E-state index >= 15 is 0 Å². The van der Waals surface area contributed by atoms with Gasteiger partial charge in [-0.25, -0.2) is 13.2 Å². The topological polar surface area (TPSA) is 154 Å². The van der Waals surface area contributed by atoms with Gasteiger partial charge in [-0.05, 0) is 88.8 Å². The fourth-order valence-electron chi connectivity index (χ4n) is 7.41. The highest BCUT2D eigenvalue weighted by atomic mass is 32.2. The van der Waals surface area contributed by atoms with E-state index in [2.05, 4.69) is 15.4 Å². The van der Waals surface area contributed by atoms with Crippen LogP contribution in [0.5, 0.6) is 0 Å². The summed E-state index contributed by atoms with van der Waals surface area (Å²) >= 11 is 0. The van der Waals surface area contributed by atoms with Gasteiger partial charge < -0.3 is 19.9 Å². The van der Waals surface area contributed by atoms with Gasteiger partial charge >= 0.3 is 12.3 Å². The fraction of sp³-hybridized carbons (Fsp3) is 0.647. The molecule has 12 nitrogen and oxygen atoms in total. The summed E-state index contributed by atoms with van der Waals surface area (Å²) in [6.45, 7) is 1.68. The summed E-state index contributed by atoms with van der Waals surface area (Å²) in [7, 11) is -2.27. The van der Waals surface area contributed by atoms with Crippen LogP contribution in [0.2, 0.25) is 0 Å². The van der Waals surface area contributed by atoms with E-state index in [1.54, 1.807) is 7.05 Å². The molecular formula is C34H44F3N5O7S. The van der Waals surface area contributed by atoms with Crippen molar-refractivity contribution in [1.82, 2.24) is 14.9 Å². The second kappa shape index (κ2) is 14.1. The maximum absolute atomic E-state index is 13.9. The maximum Gasteiger partial charge on any atom is 0.416 e. The first-order valence-corrected chi connectivity index (χ1v) is 19.0. The lowest BCUT2D eigenvalue weighted by molar-refractivity contribution is -0.140. The number of sulfonamides is 1. The number of carbonyl (C=O) groups excluding carboxylic acids is 4. The Morgan fingerprint density at radius 1 is 1.00 bits per heavy atom. The van der Waals surface area contributed by atoms with Crippen LogP contribution >= 0.6 is 0 Å².